The van der Waals surface area contributed by atoms with E-state index in [9.17, 15) is 18.0 Å². The standard InChI is InChI=1S/C39H45N3O5S/c1-4-47-35-21-19-34(20-22-35)42(48(45,46)36-23-17-29(2)18-24-36)28-38(43)41(27-32-14-10-11-30(3)25-32)37(26-31-12-6-5-7-13-31)39(44)40-33-15-8-9-16-33/h5-7,10-14,17-25,33,37H,4,8-9,15-16,26-28H2,1-3H3,(H,40,44). The van der Waals surface area contributed by atoms with Gasteiger partial charge in [-0.15, -0.1) is 0 Å². The number of carbonyl (C=O) groups is 2. The molecule has 252 valence electrons. The van der Waals surface area contributed by atoms with E-state index in [2.05, 4.69) is 5.32 Å². The van der Waals surface area contributed by atoms with E-state index in [1.54, 1.807) is 53.4 Å². The van der Waals surface area contributed by atoms with Gasteiger partial charge in [-0.1, -0.05) is 90.7 Å². The Bertz CT molecular complexity index is 1770. The number of anilines is 1. The van der Waals surface area contributed by atoms with Crippen molar-refractivity contribution in [2.24, 2.45) is 0 Å². The molecule has 1 aliphatic carbocycles. The molecule has 0 aliphatic heterocycles. The average Bonchev–Trinajstić information content (AvgIpc) is 3.59. The highest BCUT2D eigenvalue weighted by Gasteiger charge is 2.35. The molecule has 0 bridgehead atoms. The summed E-state index contributed by atoms with van der Waals surface area (Å²) in [6.07, 6.45) is 4.18. The molecule has 1 unspecified atom stereocenters. The highest BCUT2D eigenvalue weighted by molar-refractivity contribution is 7.92. The molecule has 2 amide bonds. The fourth-order valence-corrected chi connectivity index (χ4v) is 7.58. The van der Waals surface area contributed by atoms with Crippen LogP contribution in [0.4, 0.5) is 5.69 Å². The summed E-state index contributed by atoms with van der Waals surface area (Å²) in [7, 11) is -4.18. The van der Waals surface area contributed by atoms with Crippen molar-refractivity contribution in [3.8, 4) is 5.75 Å². The first-order chi connectivity index (χ1) is 23.1. The molecule has 1 N–H and O–H groups in total. The van der Waals surface area contributed by atoms with Gasteiger partial charge < -0.3 is 15.0 Å². The van der Waals surface area contributed by atoms with E-state index in [0.717, 1.165) is 52.2 Å². The lowest BCUT2D eigenvalue weighted by Crippen LogP contribution is -2.54. The molecule has 1 saturated carbocycles. The van der Waals surface area contributed by atoms with Crippen LogP contribution >= 0.6 is 0 Å². The number of rotatable bonds is 14. The van der Waals surface area contributed by atoms with Crippen molar-refractivity contribution in [1.82, 2.24) is 10.2 Å². The minimum Gasteiger partial charge on any atom is -0.494 e. The second kappa shape index (κ2) is 16.0. The summed E-state index contributed by atoms with van der Waals surface area (Å²) in [5, 5.41) is 3.22. The number of carbonyl (C=O) groups excluding carboxylic acids is 2. The molecule has 1 aliphatic rings. The second-order valence-electron chi connectivity index (χ2n) is 12.5. The molecular formula is C39H45N3O5S. The zero-order chi connectivity index (χ0) is 34.1. The number of nitrogens with one attached hydrogen (secondary N) is 1. The van der Waals surface area contributed by atoms with Gasteiger partial charge in [-0.05, 0) is 81.1 Å². The van der Waals surface area contributed by atoms with Crippen LogP contribution in [0.2, 0.25) is 0 Å². The van der Waals surface area contributed by atoms with Crippen molar-refractivity contribution >= 4 is 27.5 Å². The number of aryl methyl sites for hydroxylation is 2. The summed E-state index contributed by atoms with van der Waals surface area (Å²) in [5.74, 6) is -0.128. The Morgan fingerprint density at radius 3 is 2.15 bits per heavy atom. The van der Waals surface area contributed by atoms with Gasteiger partial charge in [0.25, 0.3) is 10.0 Å². The maximum absolute atomic E-state index is 14.7. The van der Waals surface area contributed by atoms with Crippen LogP contribution < -0.4 is 14.4 Å². The average molecular weight is 668 g/mol. The van der Waals surface area contributed by atoms with Crippen molar-refractivity contribution in [3.05, 3.63) is 125 Å². The number of nitrogens with zero attached hydrogens (tertiary/aromatic N) is 2. The van der Waals surface area contributed by atoms with Crippen LogP contribution in [-0.2, 0) is 32.6 Å². The Hall–Kier alpha value is -4.63. The van der Waals surface area contributed by atoms with Crippen LogP contribution in [0.5, 0.6) is 5.75 Å². The first-order valence-corrected chi connectivity index (χ1v) is 18.1. The normalized spacial score (nSPS) is 13.9. The maximum Gasteiger partial charge on any atom is 0.264 e. The number of amides is 2. The number of ether oxygens (including phenoxy) is 1. The Morgan fingerprint density at radius 1 is 0.833 bits per heavy atom. The zero-order valence-electron chi connectivity index (χ0n) is 28.0. The van der Waals surface area contributed by atoms with Gasteiger partial charge >= 0.3 is 0 Å². The van der Waals surface area contributed by atoms with Crippen molar-refractivity contribution in [1.29, 1.82) is 0 Å². The largest absolute Gasteiger partial charge is 0.494 e. The predicted molar refractivity (Wildman–Crippen MR) is 189 cm³/mol. The summed E-state index contributed by atoms with van der Waals surface area (Å²) >= 11 is 0. The molecule has 48 heavy (non-hydrogen) atoms. The van der Waals surface area contributed by atoms with E-state index in [4.69, 9.17) is 4.74 Å². The van der Waals surface area contributed by atoms with E-state index in [1.807, 2.05) is 75.4 Å². The Balaban J connectivity index is 1.56. The predicted octanol–water partition coefficient (Wildman–Crippen LogP) is 6.60. The lowest BCUT2D eigenvalue weighted by atomic mass is 10.0. The molecule has 1 atom stereocenters. The fourth-order valence-electron chi connectivity index (χ4n) is 6.17. The minimum atomic E-state index is -4.18. The molecule has 0 saturated heterocycles. The number of hydrogen-bond acceptors (Lipinski definition) is 5. The summed E-state index contributed by atoms with van der Waals surface area (Å²) in [6.45, 7) is 5.83. The van der Waals surface area contributed by atoms with Gasteiger partial charge in [0.2, 0.25) is 11.8 Å². The molecule has 1 fully saturated rings. The third-order valence-electron chi connectivity index (χ3n) is 8.73. The van der Waals surface area contributed by atoms with Gasteiger partial charge in [-0.2, -0.15) is 0 Å². The summed E-state index contributed by atoms with van der Waals surface area (Å²) in [5.41, 5.74) is 4.01. The minimum absolute atomic E-state index is 0.0500. The van der Waals surface area contributed by atoms with E-state index in [1.165, 1.54) is 0 Å². The monoisotopic (exact) mass is 667 g/mol. The van der Waals surface area contributed by atoms with Gasteiger partial charge in [-0.25, -0.2) is 8.42 Å². The van der Waals surface area contributed by atoms with Crippen LogP contribution in [0.25, 0.3) is 0 Å². The SMILES string of the molecule is CCOc1ccc(N(CC(=O)N(Cc2cccc(C)c2)C(Cc2ccccc2)C(=O)NC2CCCC2)S(=O)(=O)c2ccc(C)cc2)cc1. The smallest absolute Gasteiger partial charge is 0.264 e. The van der Waals surface area contributed by atoms with Crippen LogP contribution in [0.15, 0.2) is 108 Å². The van der Waals surface area contributed by atoms with Gasteiger partial charge in [0.15, 0.2) is 0 Å². The van der Waals surface area contributed by atoms with Crippen LogP contribution in [0.1, 0.15) is 54.9 Å². The van der Waals surface area contributed by atoms with Crippen molar-refractivity contribution < 1.29 is 22.7 Å². The van der Waals surface area contributed by atoms with Crippen LogP contribution in [-0.4, -0.2) is 50.4 Å². The maximum atomic E-state index is 14.7. The topological polar surface area (TPSA) is 96.0 Å². The molecule has 8 nitrogen and oxygen atoms in total. The first-order valence-electron chi connectivity index (χ1n) is 16.7. The fraction of sp³-hybridized carbons (Fsp3) is 0.333. The lowest BCUT2D eigenvalue weighted by Gasteiger charge is -2.34. The van der Waals surface area contributed by atoms with E-state index < -0.39 is 28.5 Å². The highest BCUT2D eigenvalue weighted by Crippen LogP contribution is 2.28. The molecule has 0 aromatic heterocycles. The Morgan fingerprint density at radius 2 is 1.50 bits per heavy atom. The number of sulfonamides is 1. The number of hydrogen-bond donors (Lipinski definition) is 1. The molecule has 0 radical (unpaired) electrons. The van der Waals surface area contributed by atoms with E-state index in [-0.39, 0.29) is 29.8 Å². The van der Waals surface area contributed by atoms with Gasteiger partial charge in [0.1, 0.15) is 18.3 Å². The summed E-state index contributed by atoms with van der Waals surface area (Å²) < 4.78 is 35.3. The Labute approximate surface area is 284 Å². The third-order valence-corrected chi connectivity index (χ3v) is 10.5. The highest BCUT2D eigenvalue weighted by atomic mass is 32.2. The van der Waals surface area contributed by atoms with Crippen LogP contribution in [0, 0.1) is 13.8 Å². The zero-order valence-corrected chi connectivity index (χ0v) is 28.8. The molecular weight excluding hydrogens is 623 g/mol. The molecule has 5 rings (SSSR count). The lowest BCUT2D eigenvalue weighted by molar-refractivity contribution is -0.140. The quantitative estimate of drug-likeness (QED) is 0.164. The van der Waals surface area contributed by atoms with Gasteiger partial charge in [0, 0.05) is 19.0 Å². The van der Waals surface area contributed by atoms with Gasteiger partial charge in [-0.3, -0.25) is 13.9 Å². The van der Waals surface area contributed by atoms with Crippen molar-refractivity contribution in [2.45, 2.75) is 76.4 Å². The summed E-state index contributed by atoms with van der Waals surface area (Å²) in [4.78, 5) is 30.5. The molecule has 0 heterocycles. The molecule has 0 spiro atoms. The molecule has 4 aromatic rings. The second-order valence-corrected chi connectivity index (χ2v) is 14.3. The number of benzene rings is 4. The van der Waals surface area contributed by atoms with Gasteiger partial charge in [0.05, 0.1) is 17.2 Å². The first kappa shape index (κ1) is 34.7. The molecule has 9 heteroatoms. The molecule has 4 aromatic carbocycles. The Kier molecular flexibility index (Phi) is 11.5. The summed E-state index contributed by atoms with van der Waals surface area (Å²) in [6, 6.07) is 29.9. The van der Waals surface area contributed by atoms with Crippen LogP contribution in [0.3, 0.4) is 0 Å². The third kappa shape index (κ3) is 8.83. The van der Waals surface area contributed by atoms with Crippen molar-refractivity contribution in [2.75, 3.05) is 17.5 Å². The van der Waals surface area contributed by atoms with Crippen molar-refractivity contribution in [3.63, 3.8) is 0 Å². The van der Waals surface area contributed by atoms with E-state index >= 15 is 0 Å². The van der Waals surface area contributed by atoms with E-state index in [0.29, 0.717) is 18.0 Å².